The van der Waals surface area contributed by atoms with Crippen molar-refractivity contribution in [1.29, 1.82) is 0 Å². The van der Waals surface area contributed by atoms with Crippen LogP contribution >= 0.6 is 11.6 Å². The molecule has 0 aliphatic rings. The molecule has 0 aliphatic carbocycles. The van der Waals surface area contributed by atoms with Gasteiger partial charge in [0.1, 0.15) is 5.82 Å². The van der Waals surface area contributed by atoms with Gasteiger partial charge in [0.05, 0.1) is 15.6 Å². The van der Waals surface area contributed by atoms with Gasteiger partial charge in [0, 0.05) is 12.1 Å². The Bertz CT molecular complexity index is 855. The third kappa shape index (κ3) is 5.17. The van der Waals surface area contributed by atoms with E-state index >= 15 is 0 Å². The molecule has 25 heavy (non-hydrogen) atoms. The zero-order valence-electron chi connectivity index (χ0n) is 13.6. The summed E-state index contributed by atoms with van der Waals surface area (Å²) in [4.78, 5) is 12.0. The van der Waals surface area contributed by atoms with Crippen LogP contribution in [0.2, 0.25) is 5.02 Å². The van der Waals surface area contributed by atoms with Crippen LogP contribution in [-0.4, -0.2) is 20.9 Å². The van der Waals surface area contributed by atoms with Gasteiger partial charge in [-0.25, -0.2) is 12.8 Å². The van der Waals surface area contributed by atoms with Crippen molar-refractivity contribution < 1.29 is 17.6 Å². The number of amides is 1. The maximum atomic E-state index is 13.0. The summed E-state index contributed by atoms with van der Waals surface area (Å²) in [7, 11) is -3.95. The van der Waals surface area contributed by atoms with Gasteiger partial charge in [0.2, 0.25) is 0 Å². The van der Waals surface area contributed by atoms with Crippen molar-refractivity contribution in [1.82, 2.24) is 5.32 Å². The third-order valence-corrected chi connectivity index (χ3v) is 5.12. The number of unbranched alkanes of at least 4 members (excludes halogenated alkanes) is 1. The average Bonchev–Trinajstić information content (AvgIpc) is 2.57. The zero-order valence-corrected chi connectivity index (χ0v) is 15.1. The number of benzene rings is 2. The molecule has 5 nitrogen and oxygen atoms in total. The quantitative estimate of drug-likeness (QED) is 0.713. The van der Waals surface area contributed by atoms with E-state index in [1.54, 1.807) is 0 Å². The van der Waals surface area contributed by atoms with Crippen molar-refractivity contribution in [3.8, 4) is 0 Å². The van der Waals surface area contributed by atoms with Crippen LogP contribution < -0.4 is 10.0 Å². The molecule has 0 fully saturated rings. The summed E-state index contributed by atoms with van der Waals surface area (Å²) in [5.41, 5.74) is 0.367. The molecule has 0 bridgehead atoms. The predicted octanol–water partition coefficient (Wildman–Crippen LogP) is 3.81. The Morgan fingerprint density at radius 3 is 2.48 bits per heavy atom. The molecule has 1 amide bonds. The minimum Gasteiger partial charge on any atom is -0.352 e. The molecule has 2 rings (SSSR count). The first-order valence-corrected chi connectivity index (χ1v) is 9.55. The van der Waals surface area contributed by atoms with Crippen LogP contribution in [0.4, 0.5) is 10.1 Å². The number of sulfonamides is 1. The molecule has 2 aromatic rings. The van der Waals surface area contributed by atoms with Crippen LogP contribution in [0.15, 0.2) is 47.4 Å². The van der Waals surface area contributed by atoms with Crippen molar-refractivity contribution in [3.63, 3.8) is 0 Å². The lowest BCUT2D eigenvalue weighted by molar-refractivity contribution is 0.0953. The van der Waals surface area contributed by atoms with Gasteiger partial charge in [-0.1, -0.05) is 24.9 Å². The van der Waals surface area contributed by atoms with Crippen LogP contribution in [-0.2, 0) is 10.0 Å². The normalized spacial score (nSPS) is 11.2. The first kappa shape index (κ1) is 19.2. The summed E-state index contributed by atoms with van der Waals surface area (Å²) in [6.45, 7) is 2.55. The van der Waals surface area contributed by atoms with Gasteiger partial charge >= 0.3 is 0 Å². The molecule has 0 radical (unpaired) electrons. The number of carbonyl (C=O) groups excluding carboxylic acids is 1. The van der Waals surface area contributed by atoms with E-state index in [1.807, 2.05) is 6.92 Å². The second-order valence-electron chi connectivity index (χ2n) is 5.36. The van der Waals surface area contributed by atoms with Crippen molar-refractivity contribution in [2.24, 2.45) is 0 Å². The minimum atomic E-state index is -3.95. The van der Waals surface area contributed by atoms with Crippen molar-refractivity contribution >= 4 is 33.2 Å². The highest BCUT2D eigenvalue weighted by molar-refractivity contribution is 7.92. The molecule has 0 unspecified atom stereocenters. The lowest BCUT2D eigenvalue weighted by Crippen LogP contribution is -2.24. The SMILES string of the molecule is CCCCNC(=O)c1ccc(Cl)c(NS(=O)(=O)c2ccc(F)cc2)c1. The molecule has 2 N–H and O–H groups in total. The van der Waals surface area contributed by atoms with Gasteiger partial charge in [0.25, 0.3) is 15.9 Å². The fourth-order valence-electron chi connectivity index (χ4n) is 2.04. The van der Waals surface area contributed by atoms with E-state index < -0.39 is 15.8 Å². The van der Waals surface area contributed by atoms with Gasteiger partial charge in [-0.3, -0.25) is 9.52 Å². The standard InChI is InChI=1S/C17H18ClFN2O3S/c1-2-3-10-20-17(22)12-4-9-15(18)16(11-12)21-25(23,24)14-7-5-13(19)6-8-14/h4-9,11,21H,2-3,10H2,1H3,(H,20,22). The molecular formula is C17H18ClFN2O3S. The van der Waals surface area contributed by atoms with E-state index in [1.165, 1.54) is 18.2 Å². The summed E-state index contributed by atoms with van der Waals surface area (Å²) in [5.74, 6) is -0.852. The Kier molecular flexibility index (Phi) is 6.39. The van der Waals surface area contributed by atoms with E-state index in [9.17, 15) is 17.6 Å². The lowest BCUT2D eigenvalue weighted by Gasteiger charge is -2.11. The number of anilines is 1. The van der Waals surface area contributed by atoms with Gasteiger partial charge in [-0.15, -0.1) is 0 Å². The summed E-state index contributed by atoms with van der Waals surface area (Å²) in [5, 5.41) is 2.90. The van der Waals surface area contributed by atoms with E-state index in [-0.39, 0.29) is 27.1 Å². The van der Waals surface area contributed by atoms with Gasteiger partial charge < -0.3 is 5.32 Å². The van der Waals surface area contributed by atoms with E-state index in [0.717, 1.165) is 37.1 Å². The fourth-order valence-corrected chi connectivity index (χ4v) is 3.33. The van der Waals surface area contributed by atoms with Crippen LogP contribution in [0.3, 0.4) is 0 Å². The Balaban J connectivity index is 2.22. The van der Waals surface area contributed by atoms with Gasteiger partial charge in [-0.05, 0) is 48.9 Å². The smallest absolute Gasteiger partial charge is 0.261 e. The molecule has 134 valence electrons. The van der Waals surface area contributed by atoms with Crippen LogP contribution in [0.25, 0.3) is 0 Å². The molecule has 0 atom stereocenters. The summed E-state index contributed by atoms with van der Waals surface area (Å²) < 4.78 is 40.0. The number of nitrogens with one attached hydrogen (secondary N) is 2. The Morgan fingerprint density at radius 1 is 1.16 bits per heavy atom. The highest BCUT2D eigenvalue weighted by Crippen LogP contribution is 2.26. The van der Waals surface area contributed by atoms with Crippen LogP contribution in [0.5, 0.6) is 0 Å². The fraction of sp³-hybridized carbons (Fsp3) is 0.235. The highest BCUT2D eigenvalue weighted by atomic mass is 35.5. The van der Waals surface area contributed by atoms with Crippen molar-refractivity contribution in [2.45, 2.75) is 24.7 Å². The number of halogens is 2. The molecule has 8 heteroatoms. The van der Waals surface area contributed by atoms with Crippen LogP contribution in [0, 0.1) is 5.82 Å². The van der Waals surface area contributed by atoms with E-state index in [4.69, 9.17) is 11.6 Å². The maximum Gasteiger partial charge on any atom is 0.261 e. The Morgan fingerprint density at radius 2 is 1.84 bits per heavy atom. The molecule has 0 aromatic heterocycles. The monoisotopic (exact) mass is 384 g/mol. The minimum absolute atomic E-state index is 0.0779. The maximum absolute atomic E-state index is 13.0. The molecular weight excluding hydrogens is 367 g/mol. The summed E-state index contributed by atoms with van der Waals surface area (Å²) in [6, 6.07) is 8.71. The number of rotatable bonds is 7. The predicted molar refractivity (Wildman–Crippen MR) is 95.9 cm³/mol. The number of hydrogen-bond acceptors (Lipinski definition) is 3. The Hall–Kier alpha value is -2.12. The third-order valence-electron chi connectivity index (χ3n) is 3.41. The van der Waals surface area contributed by atoms with E-state index in [0.29, 0.717) is 6.54 Å². The molecule has 0 heterocycles. The zero-order chi connectivity index (χ0) is 18.4. The van der Waals surface area contributed by atoms with Crippen molar-refractivity contribution in [3.05, 3.63) is 58.9 Å². The Labute approximate surface area is 151 Å². The molecule has 0 spiro atoms. The largest absolute Gasteiger partial charge is 0.352 e. The topological polar surface area (TPSA) is 75.3 Å². The number of hydrogen-bond donors (Lipinski definition) is 2. The number of carbonyl (C=O) groups is 1. The average molecular weight is 385 g/mol. The second kappa shape index (κ2) is 8.31. The summed E-state index contributed by atoms with van der Waals surface area (Å²) in [6.07, 6.45) is 1.80. The lowest BCUT2D eigenvalue weighted by atomic mass is 10.2. The molecule has 0 saturated carbocycles. The second-order valence-corrected chi connectivity index (χ2v) is 7.45. The molecule has 2 aromatic carbocycles. The molecule has 0 aliphatic heterocycles. The van der Waals surface area contributed by atoms with Gasteiger partial charge in [0.15, 0.2) is 0 Å². The van der Waals surface area contributed by atoms with Crippen LogP contribution in [0.1, 0.15) is 30.1 Å². The molecule has 0 saturated heterocycles. The highest BCUT2D eigenvalue weighted by Gasteiger charge is 2.17. The van der Waals surface area contributed by atoms with Gasteiger partial charge in [-0.2, -0.15) is 0 Å². The van der Waals surface area contributed by atoms with E-state index in [2.05, 4.69) is 10.0 Å². The van der Waals surface area contributed by atoms with Crippen molar-refractivity contribution in [2.75, 3.05) is 11.3 Å². The first-order valence-electron chi connectivity index (χ1n) is 7.69. The first-order chi connectivity index (χ1) is 11.8. The summed E-state index contributed by atoms with van der Waals surface area (Å²) >= 11 is 6.03.